The first kappa shape index (κ1) is 21.6. The van der Waals surface area contributed by atoms with E-state index in [0.717, 1.165) is 0 Å². The van der Waals surface area contributed by atoms with E-state index >= 15 is 0 Å². The van der Waals surface area contributed by atoms with Gasteiger partial charge in [0.2, 0.25) is 0 Å². The molecule has 1 aromatic carbocycles. The van der Waals surface area contributed by atoms with Crippen LogP contribution in [0.2, 0.25) is 0 Å². The summed E-state index contributed by atoms with van der Waals surface area (Å²) in [5, 5.41) is 11.7. The molecule has 0 aliphatic rings. The molecule has 1 atom stereocenters. The first-order valence-electron chi connectivity index (χ1n) is 8.52. The quantitative estimate of drug-likeness (QED) is 0.288. The van der Waals surface area contributed by atoms with Gasteiger partial charge >= 0.3 is 5.97 Å². The van der Waals surface area contributed by atoms with E-state index in [1.165, 1.54) is 19.3 Å². The summed E-state index contributed by atoms with van der Waals surface area (Å²) < 4.78 is 9.94. The maximum Gasteiger partial charge on any atom is 0.330 e. The number of esters is 1. The van der Waals surface area contributed by atoms with Gasteiger partial charge in [0.15, 0.2) is 0 Å². The van der Waals surface area contributed by atoms with Gasteiger partial charge in [-0.3, -0.25) is 10.1 Å². The zero-order chi connectivity index (χ0) is 19.9. The Labute approximate surface area is 154 Å². The molecule has 1 rings (SSSR count). The Kier molecular flexibility index (Phi) is 8.25. The van der Waals surface area contributed by atoms with E-state index < -0.39 is 10.9 Å². The van der Waals surface area contributed by atoms with Crippen molar-refractivity contribution in [1.29, 1.82) is 0 Å². The molecule has 1 aromatic rings. The third-order valence-electron chi connectivity index (χ3n) is 3.97. The number of nitro groups is 1. The fourth-order valence-electron chi connectivity index (χ4n) is 2.60. The predicted octanol–water partition coefficient (Wildman–Crippen LogP) is 3.67. The van der Waals surface area contributed by atoms with Crippen LogP contribution in [0.25, 0.3) is 5.57 Å². The lowest BCUT2D eigenvalue weighted by molar-refractivity contribution is -0.384. The van der Waals surface area contributed by atoms with Gasteiger partial charge in [0.05, 0.1) is 18.1 Å². The third kappa shape index (κ3) is 6.15. The molecule has 0 fully saturated rings. The maximum absolute atomic E-state index is 11.7. The second-order valence-corrected chi connectivity index (χ2v) is 6.66. The minimum absolute atomic E-state index is 0.00377. The molecule has 1 unspecified atom stereocenters. The zero-order valence-corrected chi connectivity index (χ0v) is 16.3. The average Bonchev–Trinajstić information content (AvgIpc) is 2.59. The zero-order valence-electron chi connectivity index (χ0n) is 16.3. The normalized spacial score (nSPS) is 12.8. The minimum atomic E-state index is -0.496. The van der Waals surface area contributed by atoms with Crippen LogP contribution in [0.3, 0.4) is 0 Å². The number of benzene rings is 1. The Balaban J connectivity index is 3.34. The number of methoxy groups -OCH3 is 2. The first-order valence-corrected chi connectivity index (χ1v) is 8.52. The molecule has 0 N–H and O–H groups in total. The average molecular weight is 364 g/mol. The monoisotopic (exact) mass is 364 g/mol. The Morgan fingerprint density at radius 1 is 1.27 bits per heavy atom. The number of hydrogen-bond donors (Lipinski definition) is 0. The molecular formula is C19H28N2O5. The highest BCUT2D eigenvalue weighted by atomic mass is 16.6. The van der Waals surface area contributed by atoms with Crippen molar-refractivity contribution in [3.63, 3.8) is 0 Å². The van der Waals surface area contributed by atoms with Gasteiger partial charge in [-0.2, -0.15) is 0 Å². The number of carbonyl (C=O) groups excluding carboxylic acids is 1. The van der Waals surface area contributed by atoms with Gasteiger partial charge in [-0.25, -0.2) is 4.79 Å². The van der Waals surface area contributed by atoms with Gasteiger partial charge in [-0.05, 0) is 37.0 Å². The van der Waals surface area contributed by atoms with Crippen molar-refractivity contribution < 1.29 is 19.2 Å². The Morgan fingerprint density at radius 2 is 1.92 bits per heavy atom. The molecule has 0 aliphatic heterocycles. The summed E-state index contributed by atoms with van der Waals surface area (Å²) in [6, 6.07) is 5.00. The number of hydrogen-bond acceptors (Lipinski definition) is 6. The van der Waals surface area contributed by atoms with Gasteiger partial charge in [-0.15, -0.1) is 0 Å². The van der Waals surface area contributed by atoms with Gasteiger partial charge in [0, 0.05) is 32.3 Å². The molecule has 0 spiro atoms. The van der Waals surface area contributed by atoms with Crippen molar-refractivity contribution in [2.45, 2.75) is 33.8 Å². The van der Waals surface area contributed by atoms with E-state index in [4.69, 9.17) is 4.74 Å². The van der Waals surface area contributed by atoms with E-state index in [0.29, 0.717) is 35.8 Å². The molecule has 0 radical (unpaired) electrons. The molecule has 0 heterocycles. The molecule has 0 saturated heterocycles. The smallest absolute Gasteiger partial charge is 0.330 e. The summed E-state index contributed by atoms with van der Waals surface area (Å²) in [4.78, 5) is 24.6. The molecule has 26 heavy (non-hydrogen) atoms. The summed E-state index contributed by atoms with van der Waals surface area (Å²) in [7, 11) is 2.91. The van der Waals surface area contributed by atoms with Crippen molar-refractivity contribution >= 4 is 22.9 Å². The van der Waals surface area contributed by atoms with Crippen LogP contribution in [0.15, 0.2) is 24.3 Å². The van der Waals surface area contributed by atoms with Gasteiger partial charge in [-0.1, -0.05) is 19.9 Å². The van der Waals surface area contributed by atoms with Crippen LogP contribution in [-0.2, 0) is 14.3 Å². The Hall–Kier alpha value is -2.41. The lowest BCUT2D eigenvalue weighted by atomic mass is 10.0. The third-order valence-corrected chi connectivity index (χ3v) is 3.97. The Morgan fingerprint density at radius 3 is 2.42 bits per heavy atom. The molecule has 0 saturated carbocycles. The number of rotatable bonds is 9. The van der Waals surface area contributed by atoms with Crippen LogP contribution in [0.4, 0.5) is 11.4 Å². The molecule has 7 heteroatoms. The number of ether oxygens (including phenoxy) is 2. The largest absolute Gasteiger partial charge is 0.466 e. The number of nitro benzene ring substituents is 1. The van der Waals surface area contributed by atoms with Crippen LogP contribution in [0, 0.1) is 16.0 Å². The highest BCUT2D eigenvalue weighted by Gasteiger charge is 2.22. The van der Waals surface area contributed by atoms with Gasteiger partial charge in [0.25, 0.3) is 5.69 Å². The molecular weight excluding hydrogens is 336 g/mol. The van der Waals surface area contributed by atoms with Crippen LogP contribution < -0.4 is 4.90 Å². The van der Waals surface area contributed by atoms with E-state index in [-0.39, 0.29) is 11.8 Å². The molecule has 0 bridgehead atoms. The van der Waals surface area contributed by atoms with Crippen molar-refractivity contribution in [3.8, 4) is 0 Å². The summed E-state index contributed by atoms with van der Waals surface area (Å²) >= 11 is 0. The number of anilines is 1. The van der Waals surface area contributed by atoms with Crippen molar-refractivity contribution in [2.75, 3.05) is 32.2 Å². The fraction of sp³-hybridized carbons (Fsp3) is 0.526. The molecule has 0 aromatic heterocycles. The summed E-state index contributed by atoms with van der Waals surface area (Å²) in [5.41, 5.74) is 1.76. The molecule has 0 amide bonds. The second-order valence-electron chi connectivity index (χ2n) is 6.66. The first-order chi connectivity index (χ1) is 12.2. The van der Waals surface area contributed by atoms with E-state index in [2.05, 4.69) is 18.6 Å². The summed E-state index contributed by atoms with van der Waals surface area (Å²) in [6.07, 6.45) is 1.26. The van der Waals surface area contributed by atoms with E-state index in [1.807, 2.05) is 11.8 Å². The number of nitrogens with zero attached hydrogens (tertiary/aromatic N) is 2. The number of allylic oxidation sites excluding steroid dienone is 1. The fourth-order valence-corrected chi connectivity index (χ4v) is 2.60. The van der Waals surface area contributed by atoms with Crippen LogP contribution >= 0.6 is 0 Å². The topological polar surface area (TPSA) is 81.9 Å². The van der Waals surface area contributed by atoms with Crippen LogP contribution in [0.1, 0.15) is 33.3 Å². The van der Waals surface area contributed by atoms with Crippen LogP contribution in [0.5, 0.6) is 0 Å². The molecule has 0 aliphatic carbocycles. The second kappa shape index (κ2) is 9.91. The lowest BCUT2D eigenvalue weighted by Crippen LogP contribution is -2.35. The van der Waals surface area contributed by atoms with E-state index in [1.54, 1.807) is 26.2 Å². The van der Waals surface area contributed by atoms with E-state index in [9.17, 15) is 14.9 Å². The molecule has 144 valence electrons. The SMILES string of the molecule is COC(=O)/C=C(\C)c1ccc(N(CC(C)C)CC(C)OC)c([N+](=O)[O-])c1. The number of carbonyl (C=O) groups is 1. The van der Waals surface area contributed by atoms with Crippen molar-refractivity contribution in [1.82, 2.24) is 0 Å². The highest BCUT2D eigenvalue weighted by Crippen LogP contribution is 2.32. The van der Waals surface area contributed by atoms with Gasteiger partial charge < -0.3 is 14.4 Å². The summed E-state index contributed by atoms with van der Waals surface area (Å²) in [6.45, 7) is 8.99. The Bertz CT molecular complexity index is 670. The van der Waals surface area contributed by atoms with Gasteiger partial charge in [0.1, 0.15) is 5.69 Å². The predicted molar refractivity (Wildman–Crippen MR) is 102 cm³/mol. The van der Waals surface area contributed by atoms with Crippen LogP contribution in [-0.4, -0.2) is 44.3 Å². The minimum Gasteiger partial charge on any atom is -0.466 e. The lowest BCUT2D eigenvalue weighted by Gasteiger charge is -2.29. The standard InChI is InChI=1S/C19H28N2O5/c1-13(2)11-20(12-15(4)25-5)17-8-7-16(10-18(17)21(23)24)14(3)9-19(22)26-6/h7-10,13,15H,11-12H2,1-6H3/b14-9+. The molecule has 7 nitrogen and oxygen atoms in total. The van der Waals surface area contributed by atoms with Crippen molar-refractivity contribution in [2.24, 2.45) is 5.92 Å². The summed E-state index contributed by atoms with van der Waals surface area (Å²) in [5.74, 6) is -0.163. The van der Waals surface area contributed by atoms with Crippen molar-refractivity contribution in [3.05, 3.63) is 40.0 Å². The highest BCUT2D eigenvalue weighted by molar-refractivity contribution is 5.91. The maximum atomic E-state index is 11.7.